The van der Waals surface area contributed by atoms with Crippen LogP contribution >= 0.6 is 0 Å². The maximum atomic E-state index is 10.8. The van der Waals surface area contributed by atoms with E-state index in [0.717, 1.165) is 18.5 Å². The van der Waals surface area contributed by atoms with Crippen molar-refractivity contribution in [3.05, 3.63) is 29.6 Å². The highest BCUT2D eigenvalue weighted by Crippen LogP contribution is 2.35. The van der Waals surface area contributed by atoms with Gasteiger partial charge in [-0.25, -0.2) is 0 Å². The van der Waals surface area contributed by atoms with Crippen molar-refractivity contribution in [1.82, 2.24) is 4.98 Å². The molecule has 2 atom stereocenters. The van der Waals surface area contributed by atoms with E-state index in [1.165, 1.54) is 5.56 Å². The van der Waals surface area contributed by atoms with Crippen LogP contribution in [0.25, 0.3) is 0 Å². The van der Waals surface area contributed by atoms with Crippen molar-refractivity contribution in [2.24, 2.45) is 5.92 Å². The number of aliphatic carboxylic acids is 1. The molecule has 3 heteroatoms. The van der Waals surface area contributed by atoms with Crippen molar-refractivity contribution in [1.29, 1.82) is 0 Å². The van der Waals surface area contributed by atoms with E-state index in [0.29, 0.717) is 12.3 Å². The summed E-state index contributed by atoms with van der Waals surface area (Å²) >= 11 is 0. The summed E-state index contributed by atoms with van der Waals surface area (Å²) in [6.45, 7) is 1.77. The first-order chi connectivity index (χ1) is 7.18. The van der Waals surface area contributed by atoms with Crippen LogP contribution in [0.2, 0.25) is 0 Å². The Labute approximate surface area is 89.2 Å². The minimum atomic E-state index is -0.709. The number of fused-ring (bicyclic) bond motifs is 1. The minimum absolute atomic E-state index is 0.275. The largest absolute Gasteiger partial charge is 0.481 e. The number of hydrogen-bond acceptors (Lipinski definition) is 2. The SMILES string of the molecule is CC(CC1CCc2cccnc21)C(=O)O. The number of nitrogens with zero attached hydrogens (tertiary/aromatic N) is 1. The highest BCUT2D eigenvalue weighted by atomic mass is 16.4. The van der Waals surface area contributed by atoms with Crippen LogP contribution in [-0.4, -0.2) is 16.1 Å². The average Bonchev–Trinajstić information content (AvgIpc) is 2.62. The van der Waals surface area contributed by atoms with Crippen LogP contribution in [0, 0.1) is 5.92 Å². The first-order valence-electron chi connectivity index (χ1n) is 5.35. The van der Waals surface area contributed by atoms with Crippen LogP contribution in [0.3, 0.4) is 0 Å². The number of aryl methyl sites for hydroxylation is 1. The van der Waals surface area contributed by atoms with E-state index in [-0.39, 0.29) is 5.92 Å². The molecule has 2 unspecified atom stereocenters. The minimum Gasteiger partial charge on any atom is -0.481 e. The number of hydrogen-bond donors (Lipinski definition) is 1. The molecule has 0 saturated carbocycles. The molecule has 0 aromatic carbocycles. The van der Waals surface area contributed by atoms with Crippen molar-refractivity contribution in [2.75, 3.05) is 0 Å². The molecule has 1 heterocycles. The van der Waals surface area contributed by atoms with Gasteiger partial charge in [0.05, 0.1) is 5.92 Å². The smallest absolute Gasteiger partial charge is 0.306 e. The Morgan fingerprint density at radius 2 is 2.53 bits per heavy atom. The van der Waals surface area contributed by atoms with Crippen LogP contribution in [0.5, 0.6) is 0 Å². The molecular weight excluding hydrogens is 190 g/mol. The molecule has 0 spiro atoms. The Kier molecular flexibility index (Phi) is 2.71. The summed E-state index contributed by atoms with van der Waals surface area (Å²) in [6.07, 6.45) is 4.59. The zero-order valence-corrected chi connectivity index (χ0v) is 8.81. The molecule has 1 aliphatic rings. The van der Waals surface area contributed by atoms with Gasteiger partial charge in [0, 0.05) is 17.8 Å². The number of carbonyl (C=O) groups is 1. The van der Waals surface area contributed by atoms with Crippen LogP contribution in [0.1, 0.15) is 36.9 Å². The number of carboxylic acid groups (broad SMARTS) is 1. The molecular formula is C12H15NO2. The van der Waals surface area contributed by atoms with Crippen molar-refractivity contribution in [2.45, 2.75) is 32.1 Å². The van der Waals surface area contributed by atoms with Gasteiger partial charge in [0.15, 0.2) is 0 Å². The lowest BCUT2D eigenvalue weighted by molar-refractivity contribution is -0.141. The molecule has 0 bridgehead atoms. The fourth-order valence-electron chi connectivity index (χ4n) is 2.25. The van der Waals surface area contributed by atoms with Gasteiger partial charge in [-0.05, 0) is 30.9 Å². The lowest BCUT2D eigenvalue weighted by atomic mass is 9.94. The third-order valence-electron chi connectivity index (χ3n) is 3.13. The summed E-state index contributed by atoms with van der Waals surface area (Å²) in [5, 5.41) is 8.87. The lowest BCUT2D eigenvalue weighted by Crippen LogP contribution is -2.13. The molecule has 80 valence electrons. The van der Waals surface area contributed by atoms with Gasteiger partial charge in [-0.1, -0.05) is 13.0 Å². The molecule has 1 N–H and O–H groups in total. The van der Waals surface area contributed by atoms with Gasteiger partial charge in [-0.3, -0.25) is 9.78 Å². The Balaban J connectivity index is 2.11. The van der Waals surface area contributed by atoms with Crippen molar-refractivity contribution in [3.8, 4) is 0 Å². The van der Waals surface area contributed by atoms with E-state index in [9.17, 15) is 4.79 Å². The molecule has 15 heavy (non-hydrogen) atoms. The first kappa shape index (κ1) is 10.1. The van der Waals surface area contributed by atoms with Crippen LogP contribution in [0.15, 0.2) is 18.3 Å². The molecule has 0 aliphatic heterocycles. The second-order valence-electron chi connectivity index (χ2n) is 4.26. The third kappa shape index (κ3) is 2.01. The third-order valence-corrected chi connectivity index (χ3v) is 3.13. The van der Waals surface area contributed by atoms with E-state index < -0.39 is 5.97 Å². The zero-order valence-electron chi connectivity index (χ0n) is 8.81. The molecule has 1 aliphatic carbocycles. The predicted molar refractivity (Wildman–Crippen MR) is 56.7 cm³/mol. The molecule has 0 fully saturated rings. The van der Waals surface area contributed by atoms with Crippen molar-refractivity contribution in [3.63, 3.8) is 0 Å². The van der Waals surface area contributed by atoms with E-state index in [1.807, 2.05) is 6.07 Å². The molecule has 0 saturated heterocycles. The second kappa shape index (κ2) is 4.01. The Morgan fingerprint density at radius 3 is 3.27 bits per heavy atom. The molecule has 3 nitrogen and oxygen atoms in total. The number of pyridine rings is 1. The molecule has 1 aromatic heterocycles. The van der Waals surface area contributed by atoms with Gasteiger partial charge in [-0.15, -0.1) is 0 Å². The maximum Gasteiger partial charge on any atom is 0.306 e. The number of aromatic nitrogens is 1. The van der Waals surface area contributed by atoms with Gasteiger partial charge in [0.25, 0.3) is 0 Å². The van der Waals surface area contributed by atoms with E-state index in [1.54, 1.807) is 13.1 Å². The van der Waals surface area contributed by atoms with Gasteiger partial charge in [0.1, 0.15) is 0 Å². The van der Waals surface area contributed by atoms with Crippen LogP contribution < -0.4 is 0 Å². The second-order valence-corrected chi connectivity index (χ2v) is 4.26. The number of rotatable bonds is 3. The predicted octanol–water partition coefficient (Wildman–Crippen LogP) is 2.22. The zero-order chi connectivity index (χ0) is 10.8. The average molecular weight is 205 g/mol. The monoisotopic (exact) mass is 205 g/mol. The summed E-state index contributed by atoms with van der Waals surface area (Å²) in [5.74, 6) is -0.644. The summed E-state index contributed by atoms with van der Waals surface area (Å²) < 4.78 is 0. The summed E-state index contributed by atoms with van der Waals surface area (Å²) in [6, 6.07) is 4.04. The molecule has 0 radical (unpaired) electrons. The Hall–Kier alpha value is -1.38. The molecule has 1 aromatic rings. The van der Waals surface area contributed by atoms with E-state index >= 15 is 0 Å². The van der Waals surface area contributed by atoms with E-state index in [2.05, 4.69) is 11.1 Å². The summed E-state index contributed by atoms with van der Waals surface area (Å²) in [4.78, 5) is 15.1. The summed E-state index contributed by atoms with van der Waals surface area (Å²) in [5.41, 5.74) is 2.41. The fraction of sp³-hybridized carbons (Fsp3) is 0.500. The topological polar surface area (TPSA) is 50.2 Å². The van der Waals surface area contributed by atoms with Gasteiger partial charge in [0.2, 0.25) is 0 Å². The van der Waals surface area contributed by atoms with Gasteiger partial charge < -0.3 is 5.11 Å². The van der Waals surface area contributed by atoms with Crippen LogP contribution in [0.4, 0.5) is 0 Å². The quantitative estimate of drug-likeness (QED) is 0.823. The van der Waals surface area contributed by atoms with Crippen molar-refractivity contribution < 1.29 is 9.90 Å². The normalized spacial score (nSPS) is 21.0. The highest BCUT2D eigenvalue weighted by molar-refractivity contribution is 5.69. The molecule has 2 rings (SSSR count). The lowest BCUT2D eigenvalue weighted by Gasteiger charge is -2.13. The Bertz CT molecular complexity index is 376. The number of carboxylic acids is 1. The molecule has 0 amide bonds. The van der Waals surface area contributed by atoms with Crippen molar-refractivity contribution >= 4 is 5.97 Å². The summed E-state index contributed by atoms with van der Waals surface area (Å²) in [7, 11) is 0. The van der Waals surface area contributed by atoms with Crippen LogP contribution in [-0.2, 0) is 11.2 Å². The fourth-order valence-corrected chi connectivity index (χ4v) is 2.25. The van der Waals surface area contributed by atoms with Gasteiger partial charge >= 0.3 is 5.97 Å². The standard InChI is InChI=1S/C12H15NO2/c1-8(12(14)15)7-10-5-4-9-3-2-6-13-11(9)10/h2-3,6,8,10H,4-5,7H2,1H3,(H,14,15). The maximum absolute atomic E-state index is 10.8. The van der Waals surface area contributed by atoms with Gasteiger partial charge in [-0.2, -0.15) is 0 Å². The highest BCUT2D eigenvalue weighted by Gasteiger charge is 2.26. The first-order valence-corrected chi connectivity index (χ1v) is 5.35. The Morgan fingerprint density at radius 1 is 1.73 bits per heavy atom. The van der Waals surface area contributed by atoms with E-state index in [4.69, 9.17) is 5.11 Å².